The highest BCUT2D eigenvalue weighted by atomic mass is 79.9. The van der Waals surface area contributed by atoms with Gasteiger partial charge in [0.15, 0.2) is 0 Å². The van der Waals surface area contributed by atoms with Gasteiger partial charge in [0.25, 0.3) is 5.91 Å². The third-order valence-corrected chi connectivity index (χ3v) is 1.84. The van der Waals surface area contributed by atoms with Crippen LogP contribution >= 0.6 is 15.9 Å². The molecule has 0 aromatic carbocycles. The van der Waals surface area contributed by atoms with Gasteiger partial charge in [0.05, 0.1) is 0 Å². The van der Waals surface area contributed by atoms with Gasteiger partial charge in [-0.15, -0.1) is 0 Å². The van der Waals surface area contributed by atoms with Crippen LogP contribution in [0.25, 0.3) is 0 Å². The summed E-state index contributed by atoms with van der Waals surface area (Å²) >= 11 is 3.18. The topological polar surface area (TPSA) is 57.6 Å². The van der Waals surface area contributed by atoms with Crippen LogP contribution in [0.4, 0.5) is 0 Å². The molecule has 0 aliphatic carbocycles. The Morgan fingerprint density at radius 2 is 2.33 bits per heavy atom. The summed E-state index contributed by atoms with van der Waals surface area (Å²) in [5, 5.41) is 3.72. The van der Waals surface area contributed by atoms with Gasteiger partial charge in [-0.1, -0.05) is 6.07 Å². The molecule has 5 nitrogen and oxygen atoms in total. The minimum atomic E-state index is -0.339. The van der Waals surface area contributed by atoms with E-state index >= 15 is 0 Å². The molecule has 0 fully saturated rings. The second-order valence-corrected chi connectivity index (χ2v) is 3.81. The molecule has 0 aliphatic heterocycles. The van der Waals surface area contributed by atoms with Gasteiger partial charge in [0.1, 0.15) is 16.6 Å². The van der Waals surface area contributed by atoms with Crippen molar-refractivity contribution >= 4 is 28.2 Å². The molecule has 0 bridgehead atoms. The first kappa shape index (κ1) is 11.6. The quantitative estimate of drug-likeness (QED) is 0.387. The zero-order valence-electron chi connectivity index (χ0n) is 8.44. The Bertz CT molecular complexity index is 378. The van der Waals surface area contributed by atoms with Gasteiger partial charge in [0.2, 0.25) is 0 Å². The summed E-state index contributed by atoms with van der Waals surface area (Å²) in [6.07, 6.45) is 1.50. The van der Waals surface area contributed by atoms with Crippen molar-refractivity contribution in [2.45, 2.75) is 0 Å². The second kappa shape index (κ2) is 5.45. The Balaban J connectivity index is 2.62. The number of nitrogens with zero attached hydrogens (tertiary/aromatic N) is 3. The van der Waals surface area contributed by atoms with E-state index in [1.807, 2.05) is 14.1 Å². The lowest BCUT2D eigenvalue weighted by Gasteiger charge is -2.03. The smallest absolute Gasteiger partial charge is 0.290 e. The van der Waals surface area contributed by atoms with Crippen molar-refractivity contribution in [1.82, 2.24) is 15.3 Å². The average Bonchev–Trinajstić information content (AvgIpc) is 2.17. The largest absolute Gasteiger partial charge is 0.367 e. The van der Waals surface area contributed by atoms with Gasteiger partial charge in [-0.05, 0) is 28.1 Å². The molecule has 0 saturated heterocycles. The summed E-state index contributed by atoms with van der Waals surface area (Å²) in [7, 11) is 3.63. The van der Waals surface area contributed by atoms with E-state index in [-0.39, 0.29) is 5.91 Å². The number of hydrogen-bond acceptors (Lipinski definition) is 3. The molecule has 0 unspecified atom stereocenters. The third-order valence-electron chi connectivity index (χ3n) is 1.40. The molecule has 1 aromatic heterocycles. The highest BCUT2D eigenvalue weighted by molar-refractivity contribution is 9.10. The van der Waals surface area contributed by atoms with E-state index in [1.54, 1.807) is 23.1 Å². The van der Waals surface area contributed by atoms with Crippen LogP contribution in [0.3, 0.4) is 0 Å². The lowest BCUT2D eigenvalue weighted by atomic mass is 10.3. The molecule has 0 radical (unpaired) electrons. The van der Waals surface area contributed by atoms with Gasteiger partial charge in [-0.3, -0.25) is 4.79 Å². The van der Waals surface area contributed by atoms with Crippen molar-refractivity contribution in [3.05, 3.63) is 28.5 Å². The minimum absolute atomic E-state index is 0.320. The molecule has 80 valence electrons. The molecule has 1 heterocycles. The standard InChI is InChI=1S/C9H11BrN4O/c1-14(2)6-11-13-9(15)7-4-3-5-8(10)12-7/h3-6H,1-2H3,(H,13,15)/b11-6+. The Morgan fingerprint density at radius 3 is 2.93 bits per heavy atom. The summed E-state index contributed by atoms with van der Waals surface area (Å²) in [4.78, 5) is 17.2. The van der Waals surface area contributed by atoms with Crippen molar-refractivity contribution < 1.29 is 4.79 Å². The molecule has 0 aliphatic rings. The number of hydrogen-bond donors (Lipinski definition) is 1. The Hall–Kier alpha value is -1.43. The lowest BCUT2D eigenvalue weighted by Crippen LogP contribution is -2.21. The number of halogens is 1. The van der Waals surface area contributed by atoms with E-state index in [9.17, 15) is 4.79 Å². The predicted molar refractivity (Wildman–Crippen MR) is 61.6 cm³/mol. The first-order chi connectivity index (χ1) is 7.09. The van der Waals surface area contributed by atoms with Gasteiger partial charge >= 0.3 is 0 Å². The predicted octanol–water partition coefficient (Wildman–Crippen LogP) is 1.08. The van der Waals surface area contributed by atoms with E-state index in [1.165, 1.54) is 6.34 Å². The first-order valence-electron chi connectivity index (χ1n) is 4.22. The molecule has 0 spiro atoms. The Labute approximate surface area is 96.3 Å². The maximum atomic E-state index is 11.5. The normalized spacial score (nSPS) is 10.3. The zero-order valence-corrected chi connectivity index (χ0v) is 10.0. The van der Waals surface area contributed by atoms with Crippen molar-refractivity contribution in [2.75, 3.05) is 14.1 Å². The summed E-state index contributed by atoms with van der Waals surface area (Å²) in [6.45, 7) is 0. The molecule has 0 atom stereocenters. The maximum absolute atomic E-state index is 11.5. The fraction of sp³-hybridized carbons (Fsp3) is 0.222. The van der Waals surface area contributed by atoms with E-state index in [2.05, 4.69) is 31.4 Å². The lowest BCUT2D eigenvalue weighted by molar-refractivity contribution is 0.0949. The van der Waals surface area contributed by atoms with Gasteiger partial charge < -0.3 is 4.90 Å². The average molecular weight is 271 g/mol. The highest BCUT2D eigenvalue weighted by Gasteiger charge is 2.05. The molecular weight excluding hydrogens is 260 g/mol. The zero-order chi connectivity index (χ0) is 11.3. The van der Waals surface area contributed by atoms with Crippen LogP contribution in [0, 0.1) is 0 Å². The summed E-state index contributed by atoms with van der Waals surface area (Å²) < 4.78 is 0.617. The highest BCUT2D eigenvalue weighted by Crippen LogP contribution is 2.05. The number of nitrogens with one attached hydrogen (secondary N) is 1. The van der Waals surface area contributed by atoms with Crippen LogP contribution in [-0.2, 0) is 0 Å². The van der Waals surface area contributed by atoms with E-state index in [0.717, 1.165) is 0 Å². The fourth-order valence-corrected chi connectivity index (χ4v) is 1.14. The molecular formula is C9H11BrN4O. The van der Waals surface area contributed by atoms with Crippen molar-refractivity contribution in [3.8, 4) is 0 Å². The van der Waals surface area contributed by atoms with E-state index in [4.69, 9.17) is 0 Å². The second-order valence-electron chi connectivity index (χ2n) is 2.99. The van der Waals surface area contributed by atoms with Crippen LogP contribution in [0.15, 0.2) is 27.9 Å². The number of hydrazone groups is 1. The summed E-state index contributed by atoms with van der Waals surface area (Å²) in [5.74, 6) is -0.339. The Kier molecular flexibility index (Phi) is 4.23. The Morgan fingerprint density at radius 1 is 1.60 bits per heavy atom. The molecule has 1 N–H and O–H groups in total. The van der Waals surface area contributed by atoms with Crippen molar-refractivity contribution in [3.63, 3.8) is 0 Å². The minimum Gasteiger partial charge on any atom is -0.367 e. The number of aromatic nitrogens is 1. The molecule has 1 aromatic rings. The number of carbonyl (C=O) groups excluding carboxylic acids is 1. The van der Waals surface area contributed by atoms with Crippen LogP contribution < -0.4 is 5.43 Å². The van der Waals surface area contributed by atoms with Gasteiger partial charge in [-0.2, -0.15) is 5.10 Å². The van der Waals surface area contributed by atoms with Crippen LogP contribution in [-0.4, -0.2) is 36.2 Å². The van der Waals surface area contributed by atoms with Gasteiger partial charge in [-0.25, -0.2) is 10.4 Å². The molecule has 0 saturated carbocycles. The van der Waals surface area contributed by atoms with Crippen molar-refractivity contribution in [1.29, 1.82) is 0 Å². The summed E-state index contributed by atoms with van der Waals surface area (Å²) in [6, 6.07) is 5.10. The van der Waals surface area contributed by atoms with Crippen LogP contribution in [0.1, 0.15) is 10.5 Å². The van der Waals surface area contributed by atoms with E-state index < -0.39 is 0 Å². The SMILES string of the molecule is CN(C)/C=N/NC(=O)c1cccc(Br)n1. The third kappa shape index (κ3) is 4.07. The number of carbonyl (C=O) groups is 1. The molecule has 15 heavy (non-hydrogen) atoms. The molecule has 6 heteroatoms. The number of pyridine rings is 1. The molecule has 1 rings (SSSR count). The first-order valence-corrected chi connectivity index (χ1v) is 5.01. The number of rotatable bonds is 3. The fourth-order valence-electron chi connectivity index (χ4n) is 0.795. The molecule has 1 amide bonds. The van der Waals surface area contributed by atoms with Gasteiger partial charge in [0, 0.05) is 14.1 Å². The van der Waals surface area contributed by atoms with Crippen molar-refractivity contribution in [2.24, 2.45) is 5.10 Å². The monoisotopic (exact) mass is 270 g/mol. The number of amides is 1. The maximum Gasteiger partial charge on any atom is 0.290 e. The summed E-state index contributed by atoms with van der Waals surface area (Å²) in [5.41, 5.74) is 2.68. The van der Waals surface area contributed by atoms with Crippen LogP contribution in [0.5, 0.6) is 0 Å². The van der Waals surface area contributed by atoms with Crippen LogP contribution in [0.2, 0.25) is 0 Å². The van der Waals surface area contributed by atoms with E-state index in [0.29, 0.717) is 10.3 Å².